The van der Waals surface area contributed by atoms with E-state index in [1.165, 1.54) is 4.90 Å². The Balaban J connectivity index is 1.69. The second kappa shape index (κ2) is 7.45. The highest BCUT2D eigenvalue weighted by Crippen LogP contribution is 2.24. The number of ether oxygens (including phenoxy) is 1. The van der Waals surface area contributed by atoms with E-state index in [-0.39, 0.29) is 25.5 Å². The van der Waals surface area contributed by atoms with Gasteiger partial charge in [-0.2, -0.15) is 0 Å². The summed E-state index contributed by atoms with van der Waals surface area (Å²) in [6, 6.07) is 16.1. The predicted molar refractivity (Wildman–Crippen MR) is 88.6 cm³/mol. The molecule has 0 aromatic heterocycles. The van der Waals surface area contributed by atoms with Gasteiger partial charge in [-0.05, 0) is 23.8 Å². The van der Waals surface area contributed by atoms with E-state index in [0.29, 0.717) is 17.9 Å². The molecule has 1 heterocycles. The standard InChI is InChI=1S/C19H20FNO3/c20-16-10-17(12-22)21(11-16)19(23)15-7-4-8-18(9-15)24-13-14-5-2-1-3-6-14/h1-9,16-17,22H,10-13H2/t16-,17-/m0/s1. The zero-order valence-electron chi connectivity index (χ0n) is 13.3. The molecule has 2 atom stereocenters. The smallest absolute Gasteiger partial charge is 0.254 e. The van der Waals surface area contributed by atoms with Crippen molar-refractivity contribution in [3.63, 3.8) is 0 Å². The number of benzene rings is 2. The molecule has 1 aliphatic heterocycles. The SMILES string of the molecule is O=C(c1cccc(OCc2ccccc2)c1)N1C[C@@H](F)C[C@H]1CO. The summed E-state index contributed by atoms with van der Waals surface area (Å²) in [5.74, 6) is 0.306. The molecule has 0 radical (unpaired) electrons. The van der Waals surface area contributed by atoms with E-state index in [0.717, 1.165) is 5.56 Å². The van der Waals surface area contributed by atoms with Crippen LogP contribution in [0.15, 0.2) is 54.6 Å². The highest BCUT2D eigenvalue weighted by molar-refractivity contribution is 5.95. The maximum atomic E-state index is 13.5. The molecular formula is C19H20FNO3. The van der Waals surface area contributed by atoms with Crippen molar-refractivity contribution >= 4 is 5.91 Å². The van der Waals surface area contributed by atoms with Crippen molar-refractivity contribution in [1.82, 2.24) is 4.90 Å². The van der Waals surface area contributed by atoms with Crippen LogP contribution in [-0.4, -0.2) is 41.3 Å². The Kier molecular flexibility index (Phi) is 5.11. The van der Waals surface area contributed by atoms with Gasteiger partial charge in [-0.25, -0.2) is 4.39 Å². The van der Waals surface area contributed by atoms with Gasteiger partial charge in [0.05, 0.1) is 19.2 Å². The Hall–Kier alpha value is -2.40. The number of alkyl halides is 1. The van der Waals surface area contributed by atoms with E-state index in [2.05, 4.69) is 0 Å². The third-order valence-electron chi connectivity index (χ3n) is 4.16. The zero-order valence-corrected chi connectivity index (χ0v) is 13.3. The summed E-state index contributed by atoms with van der Waals surface area (Å²) >= 11 is 0. The number of carbonyl (C=O) groups excluding carboxylic acids is 1. The first-order valence-electron chi connectivity index (χ1n) is 8.00. The first kappa shape index (κ1) is 16.5. The molecule has 1 aliphatic rings. The van der Waals surface area contributed by atoms with Crippen LogP contribution < -0.4 is 4.74 Å². The molecule has 2 aromatic rings. The van der Waals surface area contributed by atoms with Crippen molar-refractivity contribution in [1.29, 1.82) is 0 Å². The fraction of sp³-hybridized carbons (Fsp3) is 0.316. The molecule has 24 heavy (non-hydrogen) atoms. The summed E-state index contributed by atoms with van der Waals surface area (Å²) in [4.78, 5) is 14.0. The first-order chi connectivity index (χ1) is 11.7. The van der Waals surface area contributed by atoms with Crippen molar-refractivity contribution in [2.24, 2.45) is 0 Å². The van der Waals surface area contributed by atoms with Crippen LogP contribution in [0.5, 0.6) is 5.75 Å². The molecular weight excluding hydrogens is 309 g/mol. The van der Waals surface area contributed by atoms with Gasteiger partial charge in [0.25, 0.3) is 5.91 Å². The number of hydrogen-bond donors (Lipinski definition) is 1. The van der Waals surface area contributed by atoms with Gasteiger partial charge in [-0.15, -0.1) is 0 Å². The molecule has 0 aliphatic carbocycles. The second-order valence-electron chi connectivity index (χ2n) is 5.93. The van der Waals surface area contributed by atoms with Crippen molar-refractivity contribution in [2.75, 3.05) is 13.2 Å². The van der Waals surface area contributed by atoms with Gasteiger partial charge in [-0.3, -0.25) is 4.79 Å². The van der Waals surface area contributed by atoms with Crippen LogP contribution in [0.2, 0.25) is 0 Å². The molecule has 0 spiro atoms. The Bertz CT molecular complexity index is 692. The Morgan fingerprint density at radius 2 is 2.00 bits per heavy atom. The summed E-state index contributed by atoms with van der Waals surface area (Å²) in [6.45, 7) is 0.212. The van der Waals surface area contributed by atoms with Crippen LogP contribution in [0, 0.1) is 0 Å². The highest BCUT2D eigenvalue weighted by atomic mass is 19.1. The normalized spacial score (nSPS) is 20.2. The molecule has 2 aromatic carbocycles. The minimum absolute atomic E-state index is 0.0269. The lowest BCUT2D eigenvalue weighted by molar-refractivity contribution is 0.0672. The summed E-state index contributed by atoms with van der Waals surface area (Å²) in [6.07, 6.45) is -0.893. The van der Waals surface area contributed by atoms with Gasteiger partial charge in [0.1, 0.15) is 18.5 Å². The molecule has 3 rings (SSSR count). The number of likely N-dealkylation sites (tertiary alicyclic amines) is 1. The third kappa shape index (κ3) is 3.74. The van der Waals surface area contributed by atoms with Crippen molar-refractivity contribution in [3.8, 4) is 5.75 Å². The lowest BCUT2D eigenvalue weighted by atomic mass is 10.1. The van der Waals surface area contributed by atoms with Crippen LogP contribution in [0.1, 0.15) is 22.3 Å². The number of halogens is 1. The van der Waals surface area contributed by atoms with Gasteiger partial charge in [-0.1, -0.05) is 36.4 Å². The maximum absolute atomic E-state index is 13.5. The molecule has 4 nitrogen and oxygen atoms in total. The number of nitrogens with zero attached hydrogens (tertiary/aromatic N) is 1. The summed E-state index contributed by atoms with van der Waals surface area (Å²) < 4.78 is 19.3. The monoisotopic (exact) mass is 329 g/mol. The molecule has 1 saturated heterocycles. The molecule has 1 amide bonds. The largest absolute Gasteiger partial charge is 0.489 e. The highest BCUT2D eigenvalue weighted by Gasteiger charge is 2.35. The van der Waals surface area contributed by atoms with Crippen LogP contribution >= 0.6 is 0 Å². The Labute approximate surface area is 140 Å². The van der Waals surface area contributed by atoms with E-state index < -0.39 is 12.2 Å². The molecule has 0 unspecified atom stereocenters. The summed E-state index contributed by atoms with van der Waals surface area (Å²) in [5.41, 5.74) is 1.47. The fourth-order valence-electron chi connectivity index (χ4n) is 2.91. The topological polar surface area (TPSA) is 49.8 Å². The first-order valence-corrected chi connectivity index (χ1v) is 8.00. The van der Waals surface area contributed by atoms with Gasteiger partial charge >= 0.3 is 0 Å². The van der Waals surface area contributed by atoms with Gasteiger partial charge < -0.3 is 14.7 Å². The molecule has 5 heteroatoms. The Morgan fingerprint density at radius 1 is 1.21 bits per heavy atom. The van der Waals surface area contributed by atoms with Gasteiger partial charge in [0.2, 0.25) is 0 Å². The maximum Gasteiger partial charge on any atom is 0.254 e. The molecule has 1 N–H and O–H groups in total. The minimum Gasteiger partial charge on any atom is -0.489 e. The van der Waals surface area contributed by atoms with Crippen LogP contribution in [0.4, 0.5) is 4.39 Å². The number of aliphatic hydroxyl groups is 1. The van der Waals surface area contributed by atoms with Crippen molar-refractivity contribution in [2.45, 2.75) is 25.2 Å². The molecule has 126 valence electrons. The lowest BCUT2D eigenvalue weighted by Crippen LogP contribution is -2.37. The fourth-order valence-corrected chi connectivity index (χ4v) is 2.91. The average Bonchev–Trinajstić information content (AvgIpc) is 3.01. The third-order valence-corrected chi connectivity index (χ3v) is 4.16. The molecule has 1 fully saturated rings. The zero-order chi connectivity index (χ0) is 16.9. The van der Waals surface area contributed by atoms with Crippen LogP contribution in [0.3, 0.4) is 0 Å². The number of carbonyl (C=O) groups is 1. The number of amides is 1. The molecule has 0 saturated carbocycles. The van der Waals surface area contributed by atoms with E-state index in [4.69, 9.17) is 4.74 Å². The quantitative estimate of drug-likeness (QED) is 0.918. The van der Waals surface area contributed by atoms with E-state index in [9.17, 15) is 14.3 Å². The Morgan fingerprint density at radius 3 is 2.75 bits per heavy atom. The summed E-state index contributed by atoms with van der Waals surface area (Å²) in [7, 11) is 0. The number of aliphatic hydroxyl groups excluding tert-OH is 1. The van der Waals surface area contributed by atoms with Gasteiger partial charge in [0.15, 0.2) is 0 Å². The van der Waals surface area contributed by atoms with E-state index in [1.54, 1.807) is 24.3 Å². The minimum atomic E-state index is -1.08. The molecule has 0 bridgehead atoms. The number of hydrogen-bond acceptors (Lipinski definition) is 3. The van der Waals surface area contributed by atoms with Gasteiger partial charge in [0, 0.05) is 12.0 Å². The van der Waals surface area contributed by atoms with Crippen molar-refractivity contribution in [3.05, 3.63) is 65.7 Å². The average molecular weight is 329 g/mol. The van der Waals surface area contributed by atoms with Crippen LogP contribution in [-0.2, 0) is 6.61 Å². The van der Waals surface area contributed by atoms with E-state index in [1.807, 2.05) is 30.3 Å². The van der Waals surface area contributed by atoms with Crippen LogP contribution in [0.25, 0.3) is 0 Å². The van der Waals surface area contributed by atoms with Crippen molar-refractivity contribution < 1.29 is 19.0 Å². The van der Waals surface area contributed by atoms with E-state index >= 15 is 0 Å². The second-order valence-corrected chi connectivity index (χ2v) is 5.93. The predicted octanol–water partition coefficient (Wildman–Crippen LogP) is 2.81. The number of rotatable bonds is 5. The lowest BCUT2D eigenvalue weighted by Gasteiger charge is -2.22. The summed E-state index contributed by atoms with van der Waals surface area (Å²) in [5, 5.41) is 9.33.